The summed E-state index contributed by atoms with van der Waals surface area (Å²) in [5, 5.41) is 0. The van der Waals surface area contributed by atoms with Crippen LogP contribution in [0.2, 0.25) is 0 Å². The van der Waals surface area contributed by atoms with Crippen LogP contribution < -0.4 is 0 Å². The first-order chi connectivity index (χ1) is 14.0. The van der Waals surface area contributed by atoms with Crippen molar-refractivity contribution in [2.75, 3.05) is 26.2 Å². The first-order valence-corrected chi connectivity index (χ1v) is 10.7. The molecular formula is C25H34N2O2. The maximum Gasteiger partial charge on any atom is 0.253 e. The van der Waals surface area contributed by atoms with Gasteiger partial charge in [-0.2, -0.15) is 0 Å². The second kappa shape index (κ2) is 11.4. The smallest absolute Gasteiger partial charge is 0.253 e. The minimum Gasteiger partial charge on any atom is -0.339 e. The summed E-state index contributed by atoms with van der Waals surface area (Å²) in [6.45, 7) is 11.7. The van der Waals surface area contributed by atoms with Gasteiger partial charge in [-0.3, -0.25) is 9.59 Å². The fraction of sp³-hybridized carbons (Fsp3) is 0.440. The molecule has 2 aromatic rings. The van der Waals surface area contributed by atoms with Gasteiger partial charge in [-0.15, -0.1) is 0 Å². The second-order valence-corrected chi connectivity index (χ2v) is 7.45. The molecule has 1 fully saturated rings. The molecule has 1 saturated heterocycles. The fourth-order valence-electron chi connectivity index (χ4n) is 3.14. The number of benzene rings is 2. The summed E-state index contributed by atoms with van der Waals surface area (Å²) in [5.74, 6) is 0.318. The monoisotopic (exact) mass is 394 g/mol. The van der Waals surface area contributed by atoms with Crippen molar-refractivity contribution in [3.8, 4) is 0 Å². The number of rotatable bonds is 6. The van der Waals surface area contributed by atoms with E-state index >= 15 is 0 Å². The Bertz CT molecular complexity index is 777. The molecule has 0 unspecified atom stereocenters. The molecule has 3 rings (SSSR count). The van der Waals surface area contributed by atoms with Crippen LogP contribution in [0.3, 0.4) is 0 Å². The minimum absolute atomic E-state index is 0.145. The number of nitrogens with zero attached hydrogens (tertiary/aromatic N) is 2. The van der Waals surface area contributed by atoms with Crippen LogP contribution in [0.15, 0.2) is 48.5 Å². The predicted octanol–water partition coefficient (Wildman–Crippen LogP) is 4.96. The Kier molecular flexibility index (Phi) is 8.91. The number of hydrogen-bond acceptors (Lipinski definition) is 2. The van der Waals surface area contributed by atoms with Crippen LogP contribution in [0.25, 0.3) is 0 Å². The lowest BCUT2D eigenvalue weighted by molar-refractivity contribution is 0.0651. The maximum absolute atomic E-state index is 12.1. The van der Waals surface area contributed by atoms with Gasteiger partial charge in [0.25, 0.3) is 11.8 Å². The molecular weight excluding hydrogens is 360 g/mol. The molecule has 2 amide bonds. The van der Waals surface area contributed by atoms with Gasteiger partial charge >= 0.3 is 0 Å². The molecule has 0 atom stereocenters. The van der Waals surface area contributed by atoms with Crippen LogP contribution in [0.4, 0.5) is 0 Å². The van der Waals surface area contributed by atoms with Gasteiger partial charge in [0.2, 0.25) is 0 Å². The molecule has 4 nitrogen and oxygen atoms in total. The molecule has 1 heterocycles. The summed E-state index contributed by atoms with van der Waals surface area (Å²) in [4.78, 5) is 27.5. The Morgan fingerprint density at radius 1 is 0.897 bits per heavy atom. The van der Waals surface area contributed by atoms with Gasteiger partial charge < -0.3 is 9.80 Å². The zero-order valence-corrected chi connectivity index (χ0v) is 18.3. The predicted molar refractivity (Wildman–Crippen MR) is 119 cm³/mol. The van der Waals surface area contributed by atoms with Crippen molar-refractivity contribution in [2.45, 2.75) is 47.0 Å². The van der Waals surface area contributed by atoms with Crippen molar-refractivity contribution in [3.63, 3.8) is 0 Å². The molecule has 0 radical (unpaired) electrons. The summed E-state index contributed by atoms with van der Waals surface area (Å²) in [5.41, 5.74) is 4.08. The van der Waals surface area contributed by atoms with Crippen LogP contribution in [-0.2, 0) is 6.42 Å². The van der Waals surface area contributed by atoms with E-state index in [1.807, 2.05) is 72.2 Å². The van der Waals surface area contributed by atoms with E-state index in [2.05, 4.69) is 13.8 Å². The van der Waals surface area contributed by atoms with Gasteiger partial charge in [-0.25, -0.2) is 0 Å². The maximum atomic E-state index is 12.1. The average molecular weight is 395 g/mol. The van der Waals surface area contributed by atoms with E-state index < -0.39 is 0 Å². The van der Waals surface area contributed by atoms with Crippen LogP contribution in [0.1, 0.15) is 65.5 Å². The quantitative estimate of drug-likeness (QED) is 0.695. The SMILES string of the molecule is CCCN(CC)C(=O)c1ccc(CC)cc1.Cc1ccc(C(=O)N2CCC2)cc1. The number of likely N-dealkylation sites (tertiary alicyclic amines) is 1. The molecule has 0 saturated carbocycles. The number of hydrogen-bond donors (Lipinski definition) is 0. The van der Waals surface area contributed by atoms with Crippen LogP contribution in [0.5, 0.6) is 0 Å². The van der Waals surface area contributed by atoms with Gasteiger partial charge in [0.15, 0.2) is 0 Å². The van der Waals surface area contributed by atoms with E-state index in [4.69, 9.17) is 0 Å². The number of carbonyl (C=O) groups is 2. The standard InChI is InChI=1S/C14H21NO.C11H13NO/c1-4-11-15(6-3)14(16)13-9-7-12(5-2)8-10-13;1-9-3-5-10(6-4-9)11(13)12-7-2-8-12/h7-10H,4-6,11H2,1-3H3;3-6H,2,7-8H2,1H3. The minimum atomic E-state index is 0.145. The topological polar surface area (TPSA) is 40.6 Å². The van der Waals surface area contributed by atoms with Crippen LogP contribution in [0, 0.1) is 6.92 Å². The largest absolute Gasteiger partial charge is 0.339 e. The zero-order chi connectivity index (χ0) is 21.2. The van der Waals surface area contributed by atoms with Gasteiger partial charge in [-0.1, -0.05) is 43.7 Å². The number of amides is 2. The van der Waals surface area contributed by atoms with E-state index in [9.17, 15) is 9.59 Å². The summed E-state index contributed by atoms with van der Waals surface area (Å²) < 4.78 is 0. The Morgan fingerprint density at radius 2 is 1.48 bits per heavy atom. The summed E-state index contributed by atoms with van der Waals surface area (Å²) in [7, 11) is 0. The molecule has 29 heavy (non-hydrogen) atoms. The highest BCUT2D eigenvalue weighted by Crippen LogP contribution is 2.13. The number of carbonyl (C=O) groups excluding carboxylic acids is 2. The normalized spacial score (nSPS) is 12.5. The third kappa shape index (κ3) is 6.45. The highest BCUT2D eigenvalue weighted by atomic mass is 16.2. The van der Waals surface area contributed by atoms with Crippen molar-refractivity contribution < 1.29 is 9.59 Å². The average Bonchev–Trinajstić information content (AvgIpc) is 2.71. The van der Waals surface area contributed by atoms with E-state index in [0.29, 0.717) is 0 Å². The Hall–Kier alpha value is -2.62. The molecule has 4 heteroatoms. The van der Waals surface area contributed by atoms with E-state index in [-0.39, 0.29) is 11.8 Å². The Balaban J connectivity index is 0.000000211. The van der Waals surface area contributed by atoms with Gasteiger partial charge in [-0.05, 0) is 62.9 Å². The van der Waals surface area contributed by atoms with Crippen molar-refractivity contribution >= 4 is 11.8 Å². The lowest BCUT2D eigenvalue weighted by atomic mass is 10.1. The molecule has 0 aliphatic carbocycles. The summed E-state index contributed by atoms with van der Waals surface area (Å²) in [6, 6.07) is 15.7. The molecule has 0 bridgehead atoms. The summed E-state index contributed by atoms with van der Waals surface area (Å²) >= 11 is 0. The Morgan fingerprint density at radius 3 is 1.93 bits per heavy atom. The lowest BCUT2D eigenvalue weighted by Gasteiger charge is -2.30. The molecule has 2 aromatic carbocycles. The van der Waals surface area contributed by atoms with E-state index in [1.54, 1.807) is 0 Å². The third-order valence-corrected chi connectivity index (χ3v) is 5.21. The Labute approximate surface area is 175 Å². The first kappa shape index (κ1) is 22.7. The van der Waals surface area contributed by atoms with Gasteiger partial charge in [0.05, 0.1) is 0 Å². The van der Waals surface area contributed by atoms with Crippen LogP contribution >= 0.6 is 0 Å². The van der Waals surface area contributed by atoms with Crippen molar-refractivity contribution in [1.29, 1.82) is 0 Å². The van der Waals surface area contributed by atoms with E-state index in [0.717, 1.165) is 56.6 Å². The van der Waals surface area contributed by atoms with Crippen LogP contribution in [-0.4, -0.2) is 47.8 Å². The highest BCUT2D eigenvalue weighted by Gasteiger charge is 2.20. The zero-order valence-electron chi connectivity index (χ0n) is 18.3. The number of aryl methyl sites for hydroxylation is 2. The molecule has 1 aliphatic rings. The molecule has 0 aromatic heterocycles. The van der Waals surface area contributed by atoms with Gasteiger partial charge in [0.1, 0.15) is 0 Å². The molecule has 0 N–H and O–H groups in total. The van der Waals surface area contributed by atoms with Crippen molar-refractivity contribution in [3.05, 3.63) is 70.8 Å². The van der Waals surface area contributed by atoms with Gasteiger partial charge in [0, 0.05) is 37.3 Å². The van der Waals surface area contributed by atoms with Crippen molar-refractivity contribution in [1.82, 2.24) is 9.80 Å². The molecule has 1 aliphatic heterocycles. The summed E-state index contributed by atoms with van der Waals surface area (Å²) in [6.07, 6.45) is 3.17. The molecule has 0 spiro atoms. The fourth-order valence-corrected chi connectivity index (χ4v) is 3.14. The lowest BCUT2D eigenvalue weighted by Crippen LogP contribution is -2.41. The first-order valence-electron chi connectivity index (χ1n) is 10.7. The third-order valence-electron chi connectivity index (χ3n) is 5.21. The van der Waals surface area contributed by atoms with E-state index in [1.165, 1.54) is 11.1 Å². The van der Waals surface area contributed by atoms with Crippen molar-refractivity contribution in [2.24, 2.45) is 0 Å². The second-order valence-electron chi connectivity index (χ2n) is 7.45. The molecule has 156 valence electrons. The highest BCUT2D eigenvalue weighted by molar-refractivity contribution is 5.95.